The van der Waals surface area contributed by atoms with Crippen LogP contribution in [0.5, 0.6) is 0 Å². The summed E-state index contributed by atoms with van der Waals surface area (Å²) in [5.41, 5.74) is 0.468. The fourth-order valence-electron chi connectivity index (χ4n) is 2.11. The van der Waals surface area contributed by atoms with Crippen LogP contribution >= 0.6 is 0 Å². The second-order valence-electron chi connectivity index (χ2n) is 6.13. The number of unbranched alkanes of at least 4 members (excludes halogenated alkanes) is 1. The van der Waals surface area contributed by atoms with Gasteiger partial charge in [0, 0.05) is 6.54 Å². The molecule has 2 heteroatoms. The van der Waals surface area contributed by atoms with E-state index < -0.39 is 0 Å². The SMILES string of the molecule is CC.CCCCC(C)(CCNC)CNCCC(C)C. The summed E-state index contributed by atoms with van der Waals surface area (Å²) in [6.07, 6.45) is 6.57. The van der Waals surface area contributed by atoms with Gasteiger partial charge in [-0.3, -0.25) is 0 Å². The molecule has 2 nitrogen and oxygen atoms in total. The number of hydrogen-bond acceptors (Lipinski definition) is 2. The Bertz CT molecular complexity index is 159. The molecule has 0 aliphatic rings. The molecule has 0 fully saturated rings. The topological polar surface area (TPSA) is 24.1 Å². The van der Waals surface area contributed by atoms with Crippen LogP contribution in [0.4, 0.5) is 0 Å². The minimum absolute atomic E-state index is 0.468. The molecule has 0 heterocycles. The Labute approximate surface area is 123 Å². The first-order valence-corrected chi connectivity index (χ1v) is 8.39. The predicted octanol–water partition coefficient (Wildman–Crippen LogP) is 4.45. The summed E-state index contributed by atoms with van der Waals surface area (Å²) in [4.78, 5) is 0. The first-order valence-electron chi connectivity index (χ1n) is 8.39. The fourth-order valence-corrected chi connectivity index (χ4v) is 2.11. The molecular weight excluding hydrogens is 232 g/mol. The lowest BCUT2D eigenvalue weighted by molar-refractivity contribution is 0.248. The maximum Gasteiger partial charge on any atom is 0.000564 e. The van der Waals surface area contributed by atoms with Crippen LogP contribution in [0.25, 0.3) is 0 Å². The molecule has 0 spiro atoms. The van der Waals surface area contributed by atoms with E-state index in [2.05, 4.69) is 38.3 Å². The predicted molar refractivity (Wildman–Crippen MR) is 89.8 cm³/mol. The zero-order valence-electron chi connectivity index (χ0n) is 14.7. The van der Waals surface area contributed by atoms with Gasteiger partial charge in [0.25, 0.3) is 0 Å². The highest BCUT2D eigenvalue weighted by Gasteiger charge is 2.22. The molecule has 2 N–H and O–H groups in total. The molecule has 0 bridgehead atoms. The second kappa shape index (κ2) is 14.3. The minimum Gasteiger partial charge on any atom is -0.320 e. The van der Waals surface area contributed by atoms with Gasteiger partial charge in [0.05, 0.1) is 0 Å². The van der Waals surface area contributed by atoms with Crippen LogP contribution in [0, 0.1) is 11.3 Å². The maximum atomic E-state index is 3.65. The highest BCUT2D eigenvalue weighted by molar-refractivity contribution is 4.77. The smallest absolute Gasteiger partial charge is 0.000564 e. The van der Waals surface area contributed by atoms with Crippen LogP contribution < -0.4 is 10.6 Å². The molecule has 0 saturated heterocycles. The van der Waals surface area contributed by atoms with Crippen LogP contribution in [0.15, 0.2) is 0 Å². The van der Waals surface area contributed by atoms with E-state index in [0.717, 1.165) is 12.5 Å². The molecule has 0 radical (unpaired) electrons. The van der Waals surface area contributed by atoms with Crippen molar-refractivity contribution in [3.63, 3.8) is 0 Å². The highest BCUT2D eigenvalue weighted by Crippen LogP contribution is 2.27. The van der Waals surface area contributed by atoms with Crippen molar-refractivity contribution in [3.8, 4) is 0 Å². The first-order chi connectivity index (χ1) is 9.04. The Hall–Kier alpha value is -0.0800. The molecule has 0 aromatic heterocycles. The van der Waals surface area contributed by atoms with Crippen LogP contribution in [-0.4, -0.2) is 26.7 Å². The Morgan fingerprint density at radius 1 is 1.05 bits per heavy atom. The van der Waals surface area contributed by atoms with E-state index in [-0.39, 0.29) is 0 Å². The van der Waals surface area contributed by atoms with Gasteiger partial charge in [-0.2, -0.15) is 0 Å². The van der Waals surface area contributed by atoms with E-state index >= 15 is 0 Å². The molecule has 0 rings (SSSR count). The van der Waals surface area contributed by atoms with Crippen LogP contribution in [0.2, 0.25) is 0 Å². The Morgan fingerprint density at radius 3 is 2.16 bits per heavy atom. The van der Waals surface area contributed by atoms with Gasteiger partial charge in [-0.1, -0.05) is 54.4 Å². The minimum atomic E-state index is 0.468. The van der Waals surface area contributed by atoms with Crippen molar-refractivity contribution in [1.82, 2.24) is 10.6 Å². The van der Waals surface area contributed by atoms with Crippen molar-refractivity contribution in [1.29, 1.82) is 0 Å². The average molecular weight is 273 g/mol. The molecule has 1 atom stereocenters. The lowest BCUT2D eigenvalue weighted by Gasteiger charge is -2.30. The van der Waals surface area contributed by atoms with Crippen molar-refractivity contribution < 1.29 is 0 Å². The molecule has 0 aromatic rings. The van der Waals surface area contributed by atoms with Crippen molar-refractivity contribution in [2.75, 3.05) is 26.7 Å². The molecule has 1 unspecified atom stereocenters. The summed E-state index contributed by atoms with van der Waals surface area (Å²) >= 11 is 0. The average Bonchev–Trinajstić information content (AvgIpc) is 2.41. The number of hydrogen-bond donors (Lipinski definition) is 2. The van der Waals surface area contributed by atoms with Crippen LogP contribution in [0.3, 0.4) is 0 Å². The summed E-state index contributed by atoms with van der Waals surface area (Å²) in [7, 11) is 2.05. The van der Waals surface area contributed by atoms with Crippen molar-refractivity contribution in [2.24, 2.45) is 11.3 Å². The Balaban J connectivity index is 0. The van der Waals surface area contributed by atoms with Gasteiger partial charge in [0.15, 0.2) is 0 Å². The third kappa shape index (κ3) is 14.1. The zero-order chi connectivity index (χ0) is 15.1. The van der Waals surface area contributed by atoms with Crippen molar-refractivity contribution in [2.45, 2.75) is 73.6 Å². The van der Waals surface area contributed by atoms with Crippen LogP contribution in [-0.2, 0) is 0 Å². The van der Waals surface area contributed by atoms with E-state index in [0.29, 0.717) is 5.41 Å². The van der Waals surface area contributed by atoms with Gasteiger partial charge < -0.3 is 10.6 Å². The number of nitrogens with one attached hydrogen (secondary N) is 2. The number of rotatable bonds is 11. The highest BCUT2D eigenvalue weighted by atomic mass is 14.9. The van der Waals surface area contributed by atoms with Gasteiger partial charge in [0.2, 0.25) is 0 Å². The van der Waals surface area contributed by atoms with Crippen molar-refractivity contribution in [3.05, 3.63) is 0 Å². The Morgan fingerprint density at radius 2 is 1.68 bits per heavy atom. The summed E-state index contributed by atoms with van der Waals surface area (Å²) in [5.74, 6) is 0.807. The fraction of sp³-hybridized carbons (Fsp3) is 1.00. The maximum absolute atomic E-state index is 3.65. The molecule has 118 valence electrons. The van der Waals surface area contributed by atoms with Gasteiger partial charge in [-0.05, 0) is 50.7 Å². The normalized spacial score (nSPS) is 13.9. The van der Waals surface area contributed by atoms with E-state index in [9.17, 15) is 0 Å². The summed E-state index contributed by atoms with van der Waals surface area (Å²) in [6, 6.07) is 0. The molecule has 0 amide bonds. The van der Waals surface area contributed by atoms with E-state index in [1.165, 1.54) is 45.2 Å². The molecule has 19 heavy (non-hydrogen) atoms. The van der Waals surface area contributed by atoms with Gasteiger partial charge in [0.1, 0.15) is 0 Å². The standard InChI is InChI=1S/C15H34N2.C2H6/c1-6-7-9-15(4,10-12-16-5)13-17-11-8-14(2)3;1-2/h14,16-17H,6-13H2,1-5H3;1-2H3. The molecule has 0 saturated carbocycles. The lowest BCUT2D eigenvalue weighted by atomic mass is 9.81. The molecule has 0 aromatic carbocycles. The van der Waals surface area contributed by atoms with E-state index in [4.69, 9.17) is 0 Å². The van der Waals surface area contributed by atoms with Gasteiger partial charge in [-0.15, -0.1) is 0 Å². The summed E-state index contributed by atoms with van der Waals surface area (Å²) in [5, 5.41) is 6.93. The van der Waals surface area contributed by atoms with Gasteiger partial charge in [-0.25, -0.2) is 0 Å². The van der Waals surface area contributed by atoms with Crippen LogP contribution in [0.1, 0.15) is 73.6 Å². The molecular formula is C17H40N2. The zero-order valence-corrected chi connectivity index (χ0v) is 14.7. The quantitative estimate of drug-likeness (QED) is 0.543. The third-order valence-electron chi connectivity index (χ3n) is 3.56. The first kappa shape index (κ1) is 21.2. The summed E-state index contributed by atoms with van der Waals surface area (Å²) < 4.78 is 0. The van der Waals surface area contributed by atoms with Gasteiger partial charge >= 0.3 is 0 Å². The Kier molecular flexibility index (Phi) is 16.0. The lowest BCUT2D eigenvalue weighted by Crippen LogP contribution is -2.35. The van der Waals surface area contributed by atoms with E-state index in [1.807, 2.05) is 20.9 Å². The monoisotopic (exact) mass is 272 g/mol. The molecule has 0 aliphatic carbocycles. The van der Waals surface area contributed by atoms with Crippen molar-refractivity contribution >= 4 is 0 Å². The third-order valence-corrected chi connectivity index (χ3v) is 3.56. The summed E-state index contributed by atoms with van der Waals surface area (Å²) in [6.45, 7) is 16.8. The second-order valence-corrected chi connectivity index (χ2v) is 6.13. The van der Waals surface area contributed by atoms with E-state index in [1.54, 1.807) is 0 Å². The largest absolute Gasteiger partial charge is 0.320 e. The molecule has 0 aliphatic heterocycles.